The van der Waals surface area contributed by atoms with Gasteiger partial charge in [0.1, 0.15) is 17.5 Å². The molecule has 6 nitrogen and oxygen atoms in total. The smallest absolute Gasteiger partial charge is 0.162 e. The molecule has 0 saturated carbocycles. The van der Waals surface area contributed by atoms with Crippen molar-refractivity contribution in [3.63, 3.8) is 0 Å². The number of anilines is 4. The van der Waals surface area contributed by atoms with E-state index in [1.165, 1.54) is 0 Å². The van der Waals surface area contributed by atoms with Gasteiger partial charge in [0.05, 0.1) is 14.2 Å². The molecule has 0 bridgehead atoms. The van der Waals surface area contributed by atoms with Gasteiger partial charge >= 0.3 is 0 Å². The van der Waals surface area contributed by atoms with E-state index in [9.17, 15) is 0 Å². The zero-order chi connectivity index (χ0) is 19.4. The van der Waals surface area contributed by atoms with E-state index >= 15 is 0 Å². The Kier molecular flexibility index (Phi) is 5.66. The molecule has 3 rings (SSSR count). The fourth-order valence-corrected chi connectivity index (χ4v) is 2.89. The molecule has 0 spiro atoms. The first-order chi connectivity index (χ1) is 13.0. The highest BCUT2D eigenvalue weighted by molar-refractivity contribution is 6.30. The van der Waals surface area contributed by atoms with Crippen LogP contribution in [0.4, 0.5) is 23.0 Å². The van der Waals surface area contributed by atoms with E-state index in [4.69, 9.17) is 21.1 Å². The van der Waals surface area contributed by atoms with Crippen LogP contribution in [0.2, 0.25) is 5.02 Å². The van der Waals surface area contributed by atoms with Gasteiger partial charge in [-0.2, -0.15) is 0 Å². The van der Waals surface area contributed by atoms with E-state index < -0.39 is 0 Å². The van der Waals surface area contributed by atoms with Crippen LogP contribution >= 0.6 is 11.6 Å². The highest BCUT2D eigenvalue weighted by Gasteiger charge is 2.08. The van der Waals surface area contributed by atoms with Crippen molar-refractivity contribution in [2.45, 2.75) is 13.8 Å². The zero-order valence-electron chi connectivity index (χ0n) is 15.6. The van der Waals surface area contributed by atoms with Gasteiger partial charge in [-0.3, -0.25) is 0 Å². The van der Waals surface area contributed by atoms with Crippen LogP contribution in [-0.4, -0.2) is 24.2 Å². The van der Waals surface area contributed by atoms with E-state index in [-0.39, 0.29) is 0 Å². The minimum absolute atomic E-state index is 0.642. The number of hydrogen-bond donors (Lipinski definition) is 2. The van der Waals surface area contributed by atoms with Gasteiger partial charge in [0.2, 0.25) is 0 Å². The summed E-state index contributed by atoms with van der Waals surface area (Å²) in [6, 6.07) is 13.1. The lowest BCUT2D eigenvalue weighted by molar-refractivity contribution is 0.355. The first kappa shape index (κ1) is 18.8. The van der Waals surface area contributed by atoms with E-state index in [0.717, 1.165) is 16.9 Å². The number of nitrogens with zero attached hydrogens (tertiary/aromatic N) is 2. The third-order valence-corrected chi connectivity index (χ3v) is 4.18. The number of nitrogens with one attached hydrogen (secondary N) is 2. The summed E-state index contributed by atoms with van der Waals surface area (Å²) in [5.41, 5.74) is 2.81. The monoisotopic (exact) mass is 384 g/mol. The summed E-state index contributed by atoms with van der Waals surface area (Å²) in [6.45, 7) is 3.84. The predicted octanol–water partition coefficient (Wildman–Crippen LogP) is 5.25. The second-order valence-corrected chi connectivity index (χ2v) is 6.40. The molecule has 7 heteroatoms. The molecule has 0 aliphatic carbocycles. The fraction of sp³-hybridized carbons (Fsp3) is 0.200. The maximum Gasteiger partial charge on any atom is 0.162 e. The van der Waals surface area contributed by atoms with Gasteiger partial charge < -0.3 is 20.1 Å². The number of halogens is 1. The molecule has 0 amide bonds. The van der Waals surface area contributed by atoms with E-state index in [1.54, 1.807) is 14.2 Å². The molecule has 0 saturated heterocycles. The van der Waals surface area contributed by atoms with E-state index in [2.05, 4.69) is 20.6 Å². The average molecular weight is 385 g/mol. The van der Waals surface area contributed by atoms with Gasteiger partial charge in [0.25, 0.3) is 0 Å². The van der Waals surface area contributed by atoms with Crippen LogP contribution in [0, 0.1) is 13.8 Å². The molecule has 0 fully saturated rings. The molecule has 27 heavy (non-hydrogen) atoms. The SMILES string of the molecule is COc1ccc(Nc2cc(Nc3ccc(Cl)cc3C)nc(C)n2)cc1OC. The fourth-order valence-electron chi connectivity index (χ4n) is 2.66. The predicted molar refractivity (Wildman–Crippen MR) is 109 cm³/mol. The van der Waals surface area contributed by atoms with Gasteiger partial charge in [-0.25, -0.2) is 9.97 Å². The molecular formula is C20H21ClN4O2. The van der Waals surface area contributed by atoms with Crippen molar-refractivity contribution in [3.8, 4) is 11.5 Å². The third kappa shape index (κ3) is 4.60. The molecule has 0 aliphatic rings. The molecule has 1 aromatic heterocycles. The molecule has 0 unspecified atom stereocenters. The van der Waals surface area contributed by atoms with Crippen LogP contribution in [0.1, 0.15) is 11.4 Å². The topological polar surface area (TPSA) is 68.3 Å². The second-order valence-electron chi connectivity index (χ2n) is 5.96. The lowest BCUT2D eigenvalue weighted by Gasteiger charge is -2.13. The van der Waals surface area contributed by atoms with E-state index in [0.29, 0.717) is 34.0 Å². The van der Waals surface area contributed by atoms with Crippen LogP contribution < -0.4 is 20.1 Å². The Morgan fingerprint density at radius 2 is 1.52 bits per heavy atom. The van der Waals surface area contributed by atoms with Crippen LogP contribution in [-0.2, 0) is 0 Å². The quantitative estimate of drug-likeness (QED) is 0.604. The largest absolute Gasteiger partial charge is 0.493 e. The number of hydrogen-bond acceptors (Lipinski definition) is 6. The molecule has 0 atom stereocenters. The summed E-state index contributed by atoms with van der Waals surface area (Å²) in [5.74, 6) is 3.32. The van der Waals surface area contributed by atoms with Crippen molar-refractivity contribution in [2.24, 2.45) is 0 Å². The van der Waals surface area contributed by atoms with Crippen LogP contribution in [0.15, 0.2) is 42.5 Å². The summed E-state index contributed by atoms with van der Waals surface area (Å²) < 4.78 is 10.6. The van der Waals surface area contributed by atoms with E-state index in [1.807, 2.05) is 56.3 Å². The van der Waals surface area contributed by atoms with Crippen molar-refractivity contribution < 1.29 is 9.47 Å². The first-order valence-corrected chi connectivity index (χ1v) is 8.74. The summed E-state index contributed by atoms with van der Waals surface area (Å²) in [7, 11) is 3.21. The Morgan fingerprint density at radius 3 is 2.19 bits per heavy atom. The molecule has 1 heterocycles. The molecule has 3 aromatic rings. The number of aromatic nitrogens is 2. The van der Waals surface area contributed by atoms with Gasteiger partial charge in [-0.15, -0.1) is 0 Å². The standard InChI is InChI=1S/C20H21ClN4O2/c1-12-9-14(21)5-7-16(12)25-20-11-19(22-13(2)23-20)24-15-6-8-17(26-3)18(10-15)27-4/h5-11H,1-4H3,(H2,22,23,24,25). The zero-order valence-corrected chi connectivity index (χ0v) is 16.4. The highest BCUT2D eigenvalue weighted by Crippen LogP contribution is 2.31. The number of rotatable bonds is 6. The molecular weight excluding hydrogens is 364 g/mol. The summed E-state index contributed by atoms with van der Waals surface area (Å²) >= 11 is 6.02. The van der Waals surface area contributed by atoms with Crippen LogP contribution in [0.3, 0.4) is 0 Å². The lowest BCUT2D eigenvalue weighted by atomic mass is 10.2. The van der Waals surface area contributed by atoms with Gasteiger partial charge in [-0.05, 0) is 49.7 Å². The van der Waals surface area contributed by atoms with Crippen molar-refractivity contribution >= 4 is 34.6 Å². The Morgan fingerprint density at radius 1 is 0.815 bits per heavy atom. The summed E-state index contributed by atoms with van der Waals surface area (Å²) in [6.07, 6.45) is 0. The Balaban J connectivity index is 1.85. The summed E-state index contributed by atoms with van der Waals surface area (Å²) in [4.78, 5) is 8.91. The highest BCUT2D eigenvalue weighted by atomic mass is 35.5. The number of methoxy groups -OCH3 is 2. The number of aryl methyl sites for hydroxylation is 2. The normalized spacial score (nSPS) is 10.4. The second kappa shape index (κ2) is 8.14. The summed E-state index contributed by atoms with van der Waals surface area (Å²) in [5, 5.41) is 7.29. The third-order valence-electron chi connectivity index (χ3n) is 3.95. The maximum atomic E-state index is 6.02. The molecule has 140 valence electrons. The average Bonchev–Trinajstić information content (AvgIpc) is 2.63. The van der Waals surface area contributed by atoms with Crippen molar-refractivity contribution in [2.75, 3.05) is 24.9 Å². The van der Waals surface area contributed by atoms with Crippen LogP contribution in [0.5, 0.6) is 11.5 Å². The maximum absolute atomic E-state index is 6.02. The van der Waals surface area contributed by atoms with Crippen molar-refractivity contribution in [3.05, 3.63) is 58.9 Å². The minimum atomic E-state index is 0.642. The molecule has 2 aromatic carbocycles. The Labute approximate surface area is 163 Å². The Bertz CT molecular complexity index is 963. The Hall–Kier alpha value is -2.99. The van der Waals surface area contributed by atoms with Crippen molar-refractivity contribution in [1.82, 2.24) is 9.97 Å². The molecule has 0 radical (unpaired) electrons. The first-order valence-electron chi connectivity index (χ1n) is 8.36. The number of benzene rings is 2. The van der Waals surface area contributed by atoms with Gasteiger partial charge in [0.15, 0.2) is 11.5 Å². The molecule has 2 N–H and O–H groups in total. The molecule has 0 aliphatic heterocycles. The lowest BCUT2D eigenvalue weighted by Crippen LogP contribution is -2.02. The number of ether oxygens (including phenoxy) is 2. The van der Waals surface area contributed by atoms with Crippen LogP contribution in [0.25, 0.3) is 0 Å². The van der Waals surface area contributed by atoms with Gasteiger partial charge in [-0.1, -0.05) is 11.6 Å². The minimum Gasteiger partial charge on any atom is -0.493 e. The van der Waals surface area contributed by atoms with Crippen molar-refractivity contribution in [1.29, 1.82) is 0 Å². The van der Waals surface area contributed by atoms with Gasteiger partial charge in [0, 0.05) is 28.5 Å².